The van der Waals surface area contributed by atoms with Crippen molar-refractivity contribution < 1.29 is 4.52 Å². The Morgan fingerprint density at radius 1 is 1.04 bits per heavy atom. The summed E-state index contributed by atoms with van der Waals surface area (Å²) in [5.74, 6) is 1.38. The van der Waals surface area contributed by atoms with Crippen LogP contribution in [0.3, 0.4) is 0 Å². The first-order valence-corrected chi connectivity index (χ1v) is 8.40. The molecule has 1 saturated heterocycles. The van der Waals surface area contributed by atoms with Gasteiger partial charge in [0.05, 0.1) is 17.3 Å². The molecule has 1 aliphatic rings. The van der Waals surface area contributed by atoms with Gasteiger partial charge in [0.1, 0.15) is 5.65 Å². The molecule has 126 valence electrons. The predicted molar refractivity (Wildman–Crippen MR) is 89.8 cm³/mol. The maximum absolute atomic E-state index is 6.02. The summed E-state index contributed by atoms with van der Waals surface area (Å²) in [6.45, 7) is 7.39. The van der Waals surface area contributed by atoms with Gasteiger partial charge in [-0.3, -0.25) is 9.80 Å². The lowest BCUT2D eigenvalue weighted by atomic mass is 10.3. The van der Waals surface area contributed by atoms with E-state index in [1.807, 2.05) is 29.7 Å². The molecule has 0 radical (unpaired) electrons. The number of nitrogens with zero attached hydrogens (tertiary/aromatic N) is 6. The highest BCUT2D eigenvalue weighted by Gasteiger charge is 2.19. The molecular formula is C16H19ClN6O. The van der Waals surface area contributed by atoms with Crippen LogP contribution in [-0.2, 0) is 13.1 Å². The summed E-state index contributed by atoms with van der Waals surface area (Å²) in [6.07, 6.45) is 3.94. The van der Waals surface area contributed by atoms with Crippen molar-refractivity contribution in [2.75, 3.05) is 26.2 Å². The quantitative estimate of drug-likeness (QED) is 0.720. The second-order valence-corrected chi connectivity index (χ2v) is 6.57. The van der Waals surface area contributed by atoms with Crippen LogP contribution in [0.25, 0.3) is 5.65 Å². The molecule has 0 atom stereocenters. The Morgan fingerprint density at radius 2 is 1.79 bits per heavy atom. The maximum atomic E-state index is 6.02. The van der Waals surface area contributed by atoms with Crippen LogP contribution in [0.15, 0.2) is 29.0 Å². The van der Waals surface area contributed by atoms with Crippen molar-refractivity contribution in [1.29, 1.82) is 0 Å². The molecule has 4 heterocycles. The number of pyridine rings is 1. The van der Waals surface area contributed by atoms with Crippen molar-refractivity contribution in [2.45, 2.75) is 20.0 Å². The lowest BCUT2D eigenvalue weighted by molar-refractivity contribution is 0.111. The van der Waals surface area contributed by atoms with E-state index >= 15 is 0 Å². The minimum atomic E-state index is 0.690. The molecule has 7 nitrogen and oxygen atoms in total. The Morgan fingerprint density at radius 3 is 2.50 bits per heavy atom. The fraction of sp³-hybridized carbons (Fsp3) is 0.438. The topological polar surface area (TPSA) is 62.7 Å². The summed E-state index contributed by atoms with van der Waals surface area (Å²) in [6, 6.07) is 3.81. The Labute approximate surface area is 144 Å². The van der Waals surface area contributed by atoms with Gasteiger partial charge in [-0.15, -0.1) is 0 Å². The van der Waals surface area contributed by atoms with Gasteiger partial charge in [-0.25, -0.2) is 4.98 Å². The van der Waals surface area contributed by atoms with Gasteiger partial charge in [0.15, 0.2) is 5.82 Å². The van der Waals surface area contributed by atoms with Crippen LogP contribution in [0.4, 0.5) is 0 Å². The highest BCUT2D eigenvalue weighted by Crippen LogP contribution is 2.14. The molecule has 1 fully saturated rings. The van der Waals surface area contributed by atoms with Crippen LogP contribution < -0.4 is 0 Å². The summed E-state index contributed by atoms with van der Waals surface area (Å²) < 4.78 is 7.17. The number of imidazole rings is 1. The minimum absolute atomic E-state index is 0.690. The molecule has 0 spiro atoms. The zero-order valence-corrected chi connectivity index (χ0v) is 14.3. The summed E-state index contributed by atoms with van der Waals surface area (Å²) in [4.78, 5) is 13.7. The number of aromatic nitrogens is 4. The van der Waals surface area contributed by atoms with Gasteiger partial charge in [-0.1, -0.05) is 16.8 Å². The van der Waals surface area contributed by atoms with Crippen LogP contribution in [0.5, 0.6) is 0 Å². The van der Waals surface area contributed by atoms with Gasteiger partial charge in [0.2, 0.25) is 5.89 Å². The Kier molecular flexibility index (Phi) is 4.22. The zero-order chi connectivity index (χ0) is 16.5. The summed E-state index contributed by atoms with van der Waals surface area (Å²) in [7, 11) is 0. The first-order chi connectivity index (χ1) is 11.7. The summed E-state index contributed by atoms with van der Waals surface area (Å²) in [5.41, 5.74) is 2.00. The molecule has 0 saturated carbocycles. The summed E-state index contributed by atoms with van der Waals surface area (Å²) in [5, 5.41) is 4.56. The fourth-order valence-corrected chi connectivity index (χ4v) is 3.19. The van der Waals surface area contributed by atoms with Crippen molar-refractivity contribution in [3.63, 3.8) is 0 Å². The van der Waals surface area contributed by atoms with Crippen LogP contribution in [-0.4, -0.2) is 55.5 Å². The molecule has 0 aliphatic carbocycles. The van der Waals surface area contributed by atoms with E-state index in [0.717, 1.165) is 55.6 Å². The third-order valence-electron chi connectivity index (χ3n) is 4.24. The fourth-order valence-electron chi connectivity index (χ4n) is 3.02. The highest BCUT2D eigenvalue weighted by molar-refractivity contribution is 6.30. The van der Waals surface area contributed by atoms with Crippen molar-refractivity contribution in [3.8, 4) is 0 Å². The average molecular weight is 347 g/mol. The van der Waals surface area contributed by atoms with E-state index in [1.165, 1.54) is 0 Å². The predicted octanol–water partition coefficient (Wildman–Crippen LogP) is 2.00. The molecule has 3 aromatic rings. The van der Waals surface area contributed by atoms with Gasteiger partial charge >= 0.3 is 0 Å². The lowest BCUT2D eigenvalue weighted by Crippen LogP contribution is -2.45. The minimum Gasteiger partial charge on any atom is -0.338 e. The Balaban J connectivity index is 1.33. The van der Waals surface area contributed by atoms with E-state index in [4.69, 9.17) is 16.1 Å². The van der Waals surface area contributed by atoms with E-state index in [9.17, 15) is 0 Å². The van der Waals surface area contributed by atoms with Crippen LogP contribution >= 0.6 is 11.6 Å². The zero-order valence-electron chi connectivity index (χ0n) is 13.5. The number of aryl methyl sites for hydroxylation is 1. The van der Waals surface area contributed by atoms with E-state index in [0.29, 0.717) is 11.7 Å². The molecule has 4 rings (SSSR count). The SMILES string of the molecule is Cc1noc(CN2CCN(Cc3cn4cc(Cl)ccc4n3)CC2)n1. The maximum Gasteiger partial charge on any atom is 0.240 e. The number of piperazine rings is 1. The number of rotatable bonds is 4. The molecule has 3 aromatic heterocycles. The van der Waals surface area contributed by atoms with E-state index < -0.39 is 0 Å². The van der Waals surface area contributed by atoms with Crippen LogP contribution in [0.2, 0.25) is 5.02 Å². The lowest BCUT2D eigenvalue weighted by Gasteiger charge is -2.33. The molecule has 0 aromatic carbocycles. The number of hydrogen-bond donors (Lipinski definition) is 0. The smallest absolute Gasteiger partial charge is 0.240 e. The van der Waals surface area contributed by atoms with Crippen molar-refractivity contribution >= 4 is 17.2 Å². The normalized spacial score (nSPS) is 16.9. The van der Waals surface area contributed by atoms with Crippen molar-refractivity contribution in [2.24, 2.45) is 0 Å². The molecular weight excluding hydrogens is 328 g/mol. The first-order valence-electron chi connectivity index (χ1n) is 8.03. The molecule has 24 heavy (non-hydrogen) atoms. The van der Waals surface area contributed by atoms with Crippen molar-refractivity contribution in [3.05, 3.63) is 47.0 Å². The third kappa shape index (κ3) is 3.43. The van der Waals surface area contributed by atoms with Gasteiger partial charge in [0.25, 0.3) is 0 Å². The van der Waals surface area contributed by atoms with E-state index in [2.05, 4.69) is 31.1 Å². The largest absolute Gasteiger partial charge is 0.338 e. The molecule has 0 bridgehead atoms. The van der Waals surface area contributed by atoms with Gasteiger partial charge in [-0.05, 0) is 19.1 Å². The average Bonchev–Trinajstić information content (AvgIpc) is 3.14. The molecule has 8 heteroatoms. The number of hydrogen-bond acceptors (Lipinski definition) is 6. The van der Waals surface area contributed by atoms with Crippen molar-refractivity contribution in [1.82, 2.24) is 29.3 Å². The Hall–Kier alpha value is -1.96. The van der Waals surface area contributed by atoms with Gasteiger partial charge in [-0.2, -0.15) is 4.98 Å². The van der Waals surface area contributed by atoms with Gasteiger partial charge in [0, 0.05) is 45.1 Å². The standard InChI is InChI=1S/C16H19ClN6O/c1-12-18-16(24-20-12)11-22-6-4-21(5-7-22)9-14-10-23-8-13(17)2-3-15(23)19-14/h2-3,8,10H,4-7,9,11H2,1H3. The molecule has 0 N–H and O–H groups in total. The molecule has 1 aliphatic heterocycles. The van der Waals surface area contributed by atoms with Gasteiger partial charge < -0.3 is 8.92 Å². The van der Waals surface area contributed by atoms with E-state index in [-0.39, 0.29) is 0 Å². The third-order valence-corrected chi connectivity index (χ3v) is 4.47. The first kappa shape index (κ1) is 15.6. The van der Waals surface area contributed by atoms with Crippen LogP contribution in [0.1, 0.15) is 17.4 Å². The van der Waals surface area contributed by atoms with E-state index in [1.54, 1.807) is 0 Å². The van der Waals surface area contributed by atoms with Crippen LogP contribution in [0, 0.1) is 6.92 Å². The molecule has 0 amide bonds. The number of fused-ring (bicyclic) bond motifs is 1. The summed E-state index contributed by atoms with van der Waals surface area (Å²) >= 11 is 6.02. The Bertz CT molecular complexity index is 836. The number of halogens is 1. The highest BCUT2D eigenvalue weighted by atomic mass is 35.5. The monoisotopic (exact) mass is 346 g/mol. The second kappa shape index (κ2) is 6.51. The molecule has 0 unspecified atom stereocenters. The second-order valence-electron chi connectivity index (χ2n) is 6.13.